The van der Waals surface area contributed by atoms with Gasteiger partial charge in [0, 0.05) is 41.8 Å². The second-order valence-electron chi connectivity index (χ2n) is 8.51. The predicted molar refractivity (Wildman–Crippen MR) is 114 cm³/mol. The van der Waals surface area contributed by atoms with Crippen molar-refractivity contribution in [3.8, 4) is 0 Å². The maximum absolute atomic E-state index is 12.4. The van der Waals surface area contributed by atoms with Crippen LogP contribution in [0.5, 0.6) is 0 Å². The molecule has 2 heterocycles. The largest absolute Gasteiger partial charge is 0.383 e. The van der Waals surface area contributed by atoms with Gasteiger partial charge in [-0.1, -0.05) is 30.9 Å². The summed E-state index contributed by atoms with van der Waals surface area (Å²) in [6, 6.07) is 7.56. The molecule has 1 amide bonds. The van der Waals surface area contributed by atoms with Gasteiger partial charge < -0.3 is 10.6 Å². The number of nitrogens with zero attached hydrogens (tertiary/aromatic N) is 1. The lowest BCUT2D eigenvalue weighted by Crippen LogP contribution is -2.38. The maximum Gasteiger partial charge on any atom is 0.223 e. The summed E-state index contributed by atoms with van der Waals surface area (Å²) in [5.41, 5.74) is 1.09. The molecule has 2 aliphatic rings. The van der Waals surface area contributed by atoms with Crippen LogP contribution >= 0.6 is 11.6 Å². The van der Waals surface area contributed by atoms with Gasteiger partial charge in [0.2, 0.25) is 5.91 Å². The number of aromatic nitrogens is 1. The van der Waals surface area contributed by atoms with E-state index >= 15 is 0 Å². The molecule has 4 rings (SSSR count). The van der Waals surface area contributed by atoms with Gasteiger partial charge in [0.1, 0.15) is 11.2 Å². The van der Waals surface area contributed by atoms with Gasteiger partial charge in [0.05, 0.1) is 11.9 Å². The summed E-state index contributed by atoms with van der Waals surface area (Å²) < 4.78 is 0. The number of halogens is 1. The molecule has 2 fully saturated rings. The van der Waals surface area contributed by atoms with Crippen LogP contribution < -0.4 is 10.6 Å². The third kappa shape index (κ3) is 4.82. The molecule has 7 heteroatoms. The summed E-state index contributed by atoms with van der Waals surface area (Å²) >= 11 is 6.03. The first-order valence-electron chi connectivity index (χ1n) is 10.4. The van der Waals surface area contributed by atoms with Crippen molar-refractivity contribution in [1.29, 1.82) is 0 Å². The number of hydrogen-bond acceptors (Lipinski definition) is 5. The lowest BCUT2D eigenvalue weighted by Gasteiger charge is -2.30. The average molecular weight is 418 g/mol. The van der Waals surface area contributed by atoms with E-state index in [-0.39, 0.29) is 11.5 Å². The number of hydrogen-bond donors (Lipinski definition) is 2. The van der Waals surface area contributed by atoms with Gasteiger partial charge in [-0.2, -0.15) is 0 Å². The highest BCUT2D eigenvalue weighted by Gasteiger charge is 2.50. The molecule has 1 aromatic carbocycles. The molecule has 156 valence electrons. The van der Waals surface area contributed by atoms with E-state index in [1.807, 2.05) is 31.2 Å². The van der Waals surface area contributed by atoms with Crippen LogP contribution in [0.15, 0.2) is 30.5 Å². The fourth-order valence-corrected chi connectivity index (χ4v) is 4.72. The van der Waals surface area contributed by atoms with Gasteiger partial charge in [0.25, 0.3) is 0 Å². The highest BCUT2D eigenvalue weighted by atomic mass is 35.5. The van der Waals surface area contributed by atoms with Crippen molar-refractivity contribution in [3.63, 3.8) is 0 Å². The van der Waals surface area contributed by atoms with E-state index in [4.69, 9.17) is 21.4 Å². The summed E-state index contributed by atoms with van der Waals surface area (Å²) in [6.07, 6.45) is 8.51. The van der Waals surface area contributed by atoms with Gasteiger partial charge in [-0.15, -0.1) is 0 Å². The standard InChI is InChI=1S/C22H28ClN3O3/c1-21(15-22(29-28-21)8-3-2-4-9-22)14-20(27)26-12-11-25-18-7-10-24-19-13-16(23)5-6-17(18)19/h5-7,10,13H,2-4,8-9,11-12,14-15H2,1H3,(H,24,25)(H,26,27). The molecule has 1 unspecified atom stereocenters. The smallest absolute Gasteiger partial charge is 0.223 e. The minimum absolute atomic E-state index is 0.0165. The quantitative estimate of drug-likeness (QED) is 0.530. The zero-order valence-corrected chi connectivity index (χ0v) is 17.6. The second-order valence-corrected chi connectivity index (χ2v) is 8.95. The number of nitrogens with one attached hydrogen (secondary N) is 2. The van der Waals surface area contributed by atoms with Crippen LogP contribution in [0.25, 0.3) is 10.9 Å². The number of pyridine rings is 1. The number of carbonyl (C=O) groups excluding carboxylic acids is 1. The van der Waals surface area contributed by atoms with Gasteiger partial charge >= 0.3 is 0 Å². The van der Waals surface area contributed by atoms with Crippen LogP contribution in [-0.4, -0.2) is 35.2 Å². The minimum atomic E-state index is -0.546. The van der Waals surface area contributed by atoms with Crippen molar-refractivity contribution in [2.24, 2.45) is 0 Å². The zero-order chi connectivity index (χ0) is 20.3. The molecular weight excluding hydrogens is 390 g/mol. The molecule has 0 bridgehead atoms. The lowest BCUT2D eigenvalue weighted by molar-refractivity contribution is -0.351. The molecule has 2 N–H and O–H groups in total. The van der Waals surface area contributed by atoms with Crippen molar-refractivity contribution in [2.75, 3.05) is 18.4 Å². The summed E-state index contributed by atoms with van der Waals surface area (Å²) in [5, 5.41) is 8.01. The summed E-state index contributed by atoms with van der Waals surface area (Å²) in [6.45, 7) is 3.12. The van der Waals surface area contributed by atoms with E-state index in [0.717, 1.165) is 35.9 Å². The number of amides is 1. The Labute approximate surface area is 176 Å². The SMILES string of the molecule is CC1(CC(=O)NCCNc2ccnc3cc(Cl)ccc23)CC2(CCCCC2)OO1. The zero-order valence-electron chi connectivity index (χ0n) is 16.8. The van der Waals surface area contributed by atoms with Crippen molar-refractivity contribution < 1.29 is 14.6 Å². The molecule has 1 spiro atoms. The topological polar surface area (TPSA) is 72.5 Å². The first-order chi connectivity index (χ1) is 14.0. The van der Waals surface area contributed by atoms with Crippen LogP contribution in [0, 0.1) is 0 Å². The number of carbonyl (C=O) groups is 1. The normalized spacial score (nSPS) is 23.4. The molecule has 6 nitrogen and oxygen atoms in total. The Morgan fingerprint density at radius 2 is 2.00 bits per heavy atom. The lowest BCUT2D eigenvalue weighted by atomic mass is 9.77. The molecular formula is C22H28ClN3O3. The molecule has 2 aromatic rings. The number of benzene rings is 1. The highest BCUT2D eigenvalue weighted by Crippen LogP contribution is 2.46. The van der Waals surface area contributed by atoms with Crippen LogP contribution in [0.3, 0.4) is 0 Å². The Morgan fingerprint density at radius 1 is 1.17 bits per heavy atom. The Balaban J connectivity index is 1.25. The van der Waals surface area contributed by atoms with Gasteiger partial charge in [-0.05, 0) is 44.0 Å². The van der Waals surface area contributed by atoms with Crippen LogP contribution in [0.2, 0.25) is 5.02 Å². The average Bonchev–Trinajstić information content (AvgIpc) is 3.01. The Morgan fingerprint density at radius 3 is 2.83 bits per heavy atom. The van der Waals surface area contributed by atoms with E-state index < -0.39 is 5.60 Å². The molecule has 0 radical (unpaired) electrons. The van der Waals surface area contributed by atoms with Crippen LogP contribution in [0.1, 0.15) is 51.9 Å². The van der Waals surface area contributed by atoms with Crippen LogP contribution in [0.4, 0.5) is 5.69 Å². The highest BCUT2D eigenvalue weighted by molar-refractivity contribution is 6.31. The van der Waals surface area contributed by atoms with E-state index in [1.165, 1.54) is 19.3 Å². The van der Waals surface area contributed by atoms with Crippen LogP contribution in [-0.2, 0) is 14.6 Å². The van der Waals surface area contributed by atoms with Crippen molar-refractivity contribution in [2.45, 2.75) is 63.1 Å². The second kappa shape index (κ2) is 8.46. The van der Waals surface area contributed by atoms with Gasteiger partial charge in [-0.3, -0.25) is 9.78 Å². The third-order valence-electron chi connectivity index (χ3n) is 5.88. The molecule has 1 saturated carbocycles. The maximum atomic E-state index is 12.4. The van der Waals surface area contributed by atoms with E-state index in [9.17, 15) is 4.79 Å². The Kier molecular flexibility index (Phi) is 5.95. The predicted octanol–water partition coefficient (Wildman–Crippen LogP) is 4.62. The fourth-order valence-electron chi connectivity index (χ4n) is 4.55. The monoisotopic (exact) mass is 417 g/mol. The molecule has 29 heavy (non-hydrogen) atoms. The van der Waals surface area contributed by atoms with Crippen molar-refractivity contribution >= 4 is 34.1 Å². The Hall–Kier alpha value is -1.89. The number of fused-ring (bicyclic) bond motifs is 1. The molecule has 1 aliphatic carbocycles. The molecule has 1 atom stereocenters. The summed E-state index contributed by atoms with van der Waals surface area (Å²) in [5.74, 6) is -0.0165. The minimum Gasteiger partial charge on any atom is -0.383 e. The van der Waals surface area contributed by atoms with E-state index in [1.54, 1.807) is 6.20 Å². The van der Waals surface area contributed by atoms with Gasteiger partial charge in [0.15, 0.2) is 0 Å². The van der Waals surface area contributed by atoms with Crippen molar-refractivity contribution in [3.05, 3.63) is 35.5 Å². The van der Waals surface area contributed by atoms with Crippen molar-refractivity contribution in [1.82, 2.24) is 10.3 Å². The fraction of sp³-hybridized carbons (Fsp3) is 0.545. The molecule has 1 aromatic heterocycles. The molecule has 1 aliphatic heterocycles. The number of rotatable bonds is 6. The van der Waals surface area contributed by atoms with Gasteiger partial charge in [-0.25, -0.2) is 9.78 Å². The Bertz CT molecular complexity index is 885. The van der Waals surface area contributed by atoms with E-state index in [2.05, 4.69) is 15.6 Å². The first kappa shape index (κ1) is 20.4. The summed E-state index contributed by atoms with van der Waals surface area (Å²) in [7, 11) is 0. The number of anilines is 1. The first-order valence-corrected chi connectivity index (χ1v) is 10.8. The van der Waals surface area contributed by atoms with E-state index in [0.29, 0.717) is 24.5 Å². The molecule has 1 saturated heterocycles. The third-order valence-corrected chi connectivity index (χ3v) is 6.12. The summed E-state index contributed by atoms with van der Waals surface area (Å²) in [4.78, 5) is 28.1.